The summed E-state index contributed by atoms with van der Waals surface area (Å²) in [7, 11) is 1.65. The maximum Gasteiger partial charge on any atom is 0.261 e. The predicted octanol–water partition coefficient (Wildman–Crippen LogP) is 4.93. The summed E-state index contributed by atoms with van der Waals surface area (Å²) in [5, 5.41) is 3.15. The quantitative estimate of drug-likeness (QED) is 0.682. The third-order valence-electron chi connectivity index (χ3n) is 4.57. The molecule has 0 radical (unpaired) electrons. The van der Waals surface area contributed by atoms with Gasteiger partial charge in [-0.2, -0.15) is 0 Å². The number of para-hydroxylation sites is 1. The highest BCUT2D eigenvalue weighted by Crippen LogP contribution is 2.24. The molecule has 0 aliphatic heterocycles. The first-order chi connectivity index (χ1) is 12.9. The Kier molecular flexibility index (Phi) is 7.71. The van der Waals surface area contributed by atoms with Crippen molar-refractivity contribution in [2.45, 2.75) is 52.7 Å². The van der Waals surface area contributed by atoms with Crippen LogP contribution >= 0.6 is 0 Å². The third kappa shape index (κ3) is 6.02. The Morgan fingerprint density at radius 2 is 1.70 bits per heavy atom. The lowest BCUT2D eigenvalue weighted by Gasteiger charge is -2.24. The van der Waals surface area contributed by atoms with Gasteiger partial charge < -0.3 is 14.8 Å². The van der Waals surface area contributed by atoms with E-state index in [9.17, 15) is 4.79 Å². The van der Waals surface area contributed by atoms with E-state index < -0.39 is 6.10 Å². The van der Waals surface area contributed by atoms with Gasteiger partial charge in [-0.3, -0.25) is 4.79 Å². The molecule has 1 N–H and O–H groups in total. The van der Waals surface area contributed by atoms with E-state index in [-0.39, 0.29) is 11.9 Å². The minimum Gasteiger partial charge on any atom is -0.497 e. The normalized spacial score (nSPS) is 13.1. The lowest BCUT2D eigenvalue weighted by Crippen LogP contribution is -2.39. The van der Waals surface area contributed by atoms with E-state index in [1.807, 2.05) is 48.5 Å². The van der Waals surface area contributed by atoms with Crippen molar-refractivity contribution in [1.82, 2.24) is 5.32 Å². The zero-order chi connectivity index (χ0) is 19.8. The molecular formula is C23H31NO3. The van der Waals surface area contributed by atoms with Gasteiger partial charge in [-0.25, -0.2) is 0 Å². The number of benzene rings is 2. The monoisotopic (exact) mass is 369 g/mol. The highest BCUT2D eigenvalue weighted by atomic mass is 16.5. The first-order valence-electron chi connectivity index (χ1n) is 9.63. The molecule has 2 rings (SSSR count). The van der Waals surface area contributed by atoms with Crippen molar-refractivity contribution in [3.63, 3.8) is 0 Å². The van der Waals surface area contributed by atoms with E-state index in [0.29, 0.717) is 5.92 Å². The van der Waals surface area contributed by atoms with Crippen molar-refractivity contribution < 1.29 is 14.3 Å². The van der Waals surface area contributed by atoms with Crippen molar-refractivity contribution >= 4 is 5.91 Å². The van der Waals surface area contributed by atoms with Crippen LogP contribution in [0.2, 0.25) is 0 Å². The zero-order valence-corrected chi connectivity index (χ0v) is 17.0. The maximum atomic E-state index is 12.8. The Morgan fingerprint density at radius 3 is 2.30 bits per heavy atom. The number of ether oxygens (including phenoxy) is 2. The van der Waals surface area contributed by atoms with Crippen molar-refractivity contribution in [1.29, 1.82) is 0 Å². The molecule has 0 fully saturated rings. The molecule has 4 nitrogen and oxygen atoms in total. The Morgan fingerprint density at radius 1 is 1.04 bits per heavy atom. The molecule has 0 saturated heterocycles. The minimum atomic E-state index is -0.564. The maximum absolute atomic E-state index is 12.8. The van der Waals surface area contributed by atoms with E-state index in [4.69, 9.17) is 9.47 Å². The molecule has 0 aliphatic carbocycles. The average Bonchev–Trinajstić information content (AvgIpc) is 2.67. The Labute approximate surface area is 162 Å². The summed E-state index contributed by atoms with van der Waals surface area (Å²) in [6.07, 6.45) is 1.16. The lowest BCUT2D eigenvalue weighted by molar-refractivity contribution is -0.128. The van der Waals surface area contributed by atoms with Gasteiger partial charge in [-0.1, -0.05) is 51.1 Å². The van der Waals surface area contributed by atoms with Crippen LogP contribution in [0.4, 0.5) is 0 Å². The second kappa shape index (κ2) is 10.0. The standard InChI is InChI=1S/C23H31NO3/c1-6-18-9-7-8-10-22(18)27-17(4)23(25)24-21(15-16(2)3)19-11-13-20(26-5)14-12-19/h7-14,16-17,21H,6,15H2,1-5H3,(H,24,25)/t17-,21+/m1/s1. The third-order valence-corrected chi connectivity index (χ3v) is 4.57. The molecule has 146 valence electrons. The van der Waals surface area contributed by atoms with Crippen LogP contribution < -0.4 is 14.8 Å². The van der Waals surface area contributed by atoms with Gasteiger partial charge in [0.25, 0.3) is 5.91 Å². The SMILES string of the molecule is CCc1ccccc1O[C@H](C)C(=O)N[C@@H](CC(C)C)c1ccc(OC)cc1. The van der Waals surface area contributed by atoms with Crippen LogP contribution in [0, 0.1) is 5.92 Å². The summed E-state index contributed by atoms with van der Waals surface area (Å²) in [5.41, 5.74) is 2.17. The largest absolute Gasteiger partial charge is 0.497 e. The molecule has 0 aliphatic rings. The fraction of sp³-hybridized carbons (Fsp3) is 0.435. The van der Waals surface area contributed by atoms with Gasteiger partial charge in [-0.05, 0) is 55.0 Å². The molecule has 27 heavy (non-hydrogen) atoms. The second-order valence-corrected chi connectivity index (χ2v) is 7.19. The molecule has 0 spiro atoms. The highest BCUT2D eigenvalue weighted by Gasteiger charge is 2.22. The molecule has 4 heteroatoms. The van der Waals surface area contributed by atoms with Crippen molar-refractivity contribution in [3.8, 4) is 11.5 Å². The van der Waals surface area contributed by atoms with Gasteiger partial charge in [-0.15, -0.1) is 0 Å². The number of hydrogen-bond donors (Lipinski definition) is 1. The molecular weight excluding hydrogens is 338 g/mol. The van der Waals surface area contributed by atoms with Crippen LogP contribution in [-0.2, 0) is 11.2 Å². The Bertz CT molecular complexity index is 725. The van der Waals surface area contributed by atoms with E-state index in [1.165, 1.54) is 0 Å². The van der Waals surface area contributed by atoms with Crippen molar-refractivity contribution in [3.05, 3.63) is 59.7 Å². The van der Waals surface area contributed by atoms with E-state index in [2.05, 4.69) is 26.1 Å². The van der Waals surface area contributed by atoms with Crippen LogP contribution in [0.25, 0.3) is 0 Å². The second-order valence-electron chi connectivity index (χ2n) is 7.19. The summed E-state index contributed by atoms with van der Waals surface area (Å²) in [6.45, 7) is 8.18. The van der Waals surface area contributed by atoms with Crippen LogP contribution in [0.15, 0.2) is 48.5 Å². The fourth-order valence-electron chi connectivity index (χ4n) is 3.03. The van der Waals surface area contributed by atoms with Crippen LogP contribution in [0.1, 0.15) is 51.3 Å². The number of amides is 1. The molecule has 0 aromatic heterocycles. The molecule has 0 bridgehead atoms. The van der Waals surface area contributed by atoms with E-state index >= 15 is 0 Å². The van der Waals surface area contributed by atoms with Crippen LogP contribution in [0.3, 0.4) is 0 Å². The summed E-state index contributed by atoms with van der Waals surface area (Å²) < 4.78 is 11.2. The Balaban J connectivity index is 2.09. The van der Waals surface area contributed by atoms with Crippen LogP contribution in [0.5, 0.6) is 11.5 Å². The summed E-state index contributed by atoms with van der Waals surface area (Å²) in [6, 6.07) is 15.6. The van der Waals surface area contributed by atoms with E-state index in [0.717, 1.165) is 35.5 Å². The molecule has 0 saturated carbocycles. The molecule has 0 heterocycles. The first-order valence-corrected chi connectivity index (χ1v) is 9.63. The minimum absolute atomic E-state index is 0.0594. The molecule has 2 aromatic rings. The number of nitrogens with one attached hydrogen (secondary N) is 1. The number of carbonyl (C=O) groups is 1. The highest BCUT2D eigenvalue weighted by molar-refractivity contribution is 5.81. The molecule has 2 atom stereocenters. The number of methoxy groups -OCH3 is 1. The summed E-state index contributed by atoms with van der Waals surface area (Å²) >= 11 is 0. The molecule has 1 amide bonds. The molecule has 2 aromatic carbocycles. The van der Waals surface area contributed by atoms with Crippen LogP contribution in [-0.4, -0.2) is 19.1 Å². The summed E-state index contributed by atoms with van der Waals surface area (Å²) in [4.78, 5) is 12.8. The number of aryl methyl sites for hydroxylation is 1. The van der Waals surface area contributed by atoms with Gasteiger partial charge in [0.2, 0.25) is 0 Å². The van der Waals surface area contributed by atoms with Gasteiger partial charge in [0.15, 0.2) is 6.10 Å². The lowest BCUT2D eigenvalue weighted by atomic mass is 9.96. The smallest absolute Gasteiger partial charge is 0.261 e. The predicted molar refractivity (Wildman–Crippen MR) is 109 cm³/mol. The average molecular weight is 370 g/mol. The number of hydrogen-bond acceptors (Lipinski definition) is 3. The van der Waals surface area contributed by atoms with E-state index in [1.54, 1.807) is 14.0 Å². The fourth-order valence-corrected chi connectivity index (χ4v) is 3.03. The number of carbonyl (C=O) groups excluding carboxylic acids is 1. The van der Waals surface area contributed by atoms with Crippen molar-refractivity contribution in [2.24, 2.45) is 5.92 Å². The van der Waals surface area contributed by atoms with Gasteiger partial charge in [0.05, 0.1) is 13.2 Å². The van der Waals surface area contributed by atoms with Crippen molar-refractivity contribution in [2.75, 3.05) is 7.11 Å². The van der Waals surface area contributed by atoms with Gasteiger partial charge in [0.1, 0.15) is 11.5 Å². The Hall–Kier alpha value is -2.49. The number of rotatable bonds is 9. The molecule has 0 unspecified atom stereocenters. The zero-order valence-electron chi connectivity index (χ0n) is 17.0. The summed E-state index contributed by atoms with van der Waals surface area (Å²) in [5.74, 6) is 1.92. The van der Waals surface area contributed by atoms with Gasteiger partial charge in [0, 0.05) is 0 Å². The first kappa shape index (κ1) is 20.8. The topological polar surface area (TPSA) is 47.6 Å². The van der Waals surface area contributed by atoms with Gasteiger partial charge >= 0.3 is 0 Å².